The first kappa shape index (κ1) is 25.6. The predicted molar refractivity (Wildman–Crippen MR) is 139 cm³/mol. The van der Waals surface area contributed by atoms with Crippen LogP contribution in [0.1, 0.15) is 18.3 Å². The number of piperazine rings is 2. The minimum Gasteiger partial charge on any atom is -0.354 e. The summed E-state index contributed by atoms with van der Waals surface area (Å²) in [6.07, 6.45) is 0.520. The van der Waals surface area contributed by atoms with Crippen LogP contribution in [0.15, 0.2) is 46.2 Å². The van der Waals surface area contributed by atoms with Crippen LogP contribution in [-0.2, 0) is 16.3 Å². The summed E-state index contributed by atoms with van der Waals surface area (Å²) in [6, 6.07) is 10.5. The molecule has 1 aromatic carbocycles. The number of hydrogen-bond acceptors (Lipinski definition) is 8. The molecule has 5 rings (SSSR count). The van der Waals surface area contributed by atoms with Crippen LogP contribution in [0.5, 0.6) is 0 Å². The molecule has 0 aliphatic carbocycles. The summed E-state index contributed by atoms with van der Waals surface area (Å²) >= 11 is 0. The SMILES string of the molecule is CCc1nn2c(N3CCN(C)CC3)cc(C)nc2c1S(=O)(=O)c1ccccc1.CN1CCNCC1. The molecule has 35 heavy (non-hydrogen) atoms. The van der Waals surface area contributed by atoms with E-state index in [1.165, 1.54) is 13.1 Å². The molecule has 3 aromatic rings. The van der Waals surface area contributed by atoms with Crippen molar-refractivity contribution in [1.82, 2.24) is 29.7 Å². The van der Waals surface area contributed by atoms with E-state index < -0.39 is 9.84 Å². The van der Waals surface area contributed by atoms with Crippen LogP contribution >= 0.6 is 0 Å². The summed E-state index contributed by atoms with van der Waals surface area (Å²) in [5.41, 5.74) is 1.75. The van der Waals surface area contributed by atoms with Gasteiger partial charge in [0.25, 0.3) is 0 Å². The number of aromatic nitrogens is 3. The molecule has 0 atom stereocenters. The van der Waals surface area contributed by atoms with Gasteiger partial charge in [-0.05, 0) is 39.6 Å². The van der Waals surface area contributed by atoms with Gasteiger partial charge in [0.2, 0.25) is 9.84 Å². The van der Waals surface area contributed by atoms with Gasteiger partial charge in [-0.25, -0.2) is 13.4 Å². The summed E-state index contributed by atoms with van der Waals surface area (Å²) in [4.78, 5) is 12.0. The quantitative estimate of drug-likeness (QED) is 0.581. The lowest BCUT2D eigenvalue weighted by Crippen LogP contribution is -2.45. The topological polar surface area (TPSA) is 86.1 Å². The molecule has 2 aliphatic heterocycles. The fourth-order valence-corrected chi connectivity index (χ4v) is 6.02. The first-order chi connectivity index (χ1) is 16.8. The molecular weight excluding hydrogens is 462 g/mol. The van der Waals surface area contributed by atoms with Crippen molar-refractivity contribution >= 4 is 21.3 Å². The Morgan fingerprint density at radius 3 is 2.14 bits per heavy atom. The van der Waals surface area contributed by atoms with Gasteiger partial charge in [-0.3, -0.25) is 0 Å². The maximum atomic E-state index is 13.4. The third-order valence-electron chi connectivity index (χ3n) is 6.55. The zero-order valence-electron chi connectivity index (χ0n) is 21.2. The molecule has 2 aromatic heterocycles. The highest BCUT2D eigenvalue weighted by atomic mass is 32.2. The van der Waals surface area contributed by atoms with Gasteiger partial charge in [0, 0.05) is 64.1 Å². The molecular formula is C25H37N7O2S. The Morgan fingerprint density at radius 1 is 0.943 bits per heavy atom. The van der Waals surface area contributed by atoms with Crippen LogP contribution in [0.25, 0.3) is 5.65 Å². The van der Waals surface area contributed by atoms with Gasteiger partial charge in [0.05, 0.1) is 10.6 Å². The van der Waals surface area contributed by atoms with E-state index >= 15 is 0 Å². The number of anilines is 1. The van der Waals surface area contributed by atoms with Gasteiger partial charge < -0.3 is 20.0 Å². The lowest BCUT2D eigenvalue weighted by Gasteiger charge is -2.34. The third-order valence-corrected chi connectivity index (χ3v) is 8.40. The van der Waals surface area contributed by atoms with Crippen LogP contribution in [0.2, 0.25) is 0 Å². The number of hydrogen-bond donors (Lipinski definition) is 1. The fraction of sp³-hybridized carbons (Fsp3) is 0.520. The molecule has 0 unspecified atom stereocenters. The second-order valence-corrected chi connectivity index (χ2v) is 11.2. The van der Waals surface area contributed by atoms with Gasteiger partial charge in [0.1, 0.15) is 10.7 Å². The van der Waals surface area contributed by atoms with E-state index in [4.69, 9.17) is 0 Å². The Labute approximate surface area is 208 Å². The lowest BCUT2D eigenvalue weighted by atomic mass is 10.3. The largest absolute Gasteiger partial charge is 0.354 e. The summed E-state index contributed by atoms with van der Waals surface area (Å²) in [5.74, 6) is 0.903. The van der Waals surface area contributed by atoms with Crippen LogP contribution in [-0.4, -0.2) is 99.3 Å². The molecule has 9 nitrogen and oxygen atoms in total. The van der Waals surface area contributed by atoms with E-state index in [1.807, 2.05) is 26.0 Å². The zero-order valence-corrected chi connectivity index (χ0v) is 22.1. The van der Waals surface area contributed by atoms with Crippen molar-refractivity contribution in [2.45, 2.75) is 30.1 Å². The Morgan fingerprint density at radius 2 is 1.57 bits per heavy atom. The Hall–Kier alpha value is -2.53. The van der Waals surface area contributed by atoms with Crippen LogP contribution < -0.4 is 10.2 Å². The molecule has 10 heteroatoms. The number of benzene rings is 1. The van der Waals surface area contributed by atoms with Gasteiger partial charge in [-0.1, -0.05) is 25.1 Å². The van der Waals surface area contributed by atoms with Crippen molar-refractivity contribution in [3.63, 3.8) is 0 Å². The summed E-state index contributed by atoms with van der Waals surface area (Å²) in [5, 5.41) is 7.95. The molecule has 1 N–H and O–H groups in total. The first-order valence-electron chi connectivity index (χ1n) is 12.3. The van der Waals surface area contributed by atoms with Crippen molar-refractivity contribution in [2.75, 3.05) is 71.4 Å². The number of likely N-dealkylation sites (N-methyl/N-ethyl adjacent to an activating group) is 2. The van der Waals surface area contributed by atoms with E-state index in [2.05, 4.69) is 44.2 Å². The number of nitrogens with one attached hydrogen (secondary N) is 1. The second kappa shape index (κ2) is 11.0. The normalized spacial score (nSPS) is 17.9. The second-order valence-electron chi connectivity index (χ2n) is 9.28. The Balaban J connectivity index is 0.000000356. The molecule has 190 valence electrons. The molecule has 0 radical (unpaired) electrons. The fourth-order valence-electron chi connectivity index (χ4n) is 4.41. The number of aryl methyl sites for hydroxylation is 2. The van der Waals surface area contributed by atoms with Crippen LogP contribution in [0.4, 0.5) is 5.82 Å². The molecule has 0 amide bonds. The Bertz CT molecular complexity index is 1230. The Kier molecular flexibility index (Phi) is 8.05. The van der Waals surface area contributed by atoms with Gasteiger partial charge in [0.15, 0.2) is 5.65 Å². The van der Waals surface area contributed by atoms with E-state index in [9.17, 15) is 8.42 Å². The van der Waals surface area contributed by atoms with Gasteiger partial charge in [-0.2, -0.15) is 9.61 Å². The van der Waals surface area contributed by atoms with E-state index in [0.29, 0.717) is 17.8 Å². The van der Waals surface area contributed by atoms with E-state index in [-0.39, 0.29) is 9.79 Å². The lowest BCUT2D eigenvalue weighted by molar-refractivity contribution is 0.291. The minimum atomic E-state index is -3.71. The highest BCUT2D eigenvalue weighted by Gasteiger charge is 2.30. The highest BCUT2D eigenvalue weighted by Crippen LogP contribution is 2.30. The average molecular weight is 500 g/mol. The molecule has 0 saturated carbocycles. The number of rotatable bonds is 4. The molecule has 4 heterocycles. The zero-order chi connectivity index (χ0) is 25.0. The maximum absolute atomic E-state index is 13.4. The number of nitrogens with zero attached hydrogens (tertiary/aromatic N) is 6. The maximum Gasteiger partial charge on any atom is 0.212 e. The molecule has 2 saturated heterocycles. The molecule has 0 spiro atoms. The number of fused-ring (bicyclic) bond motifs is 1. The molecule has 0 bridgehead atoms. The minimum absolute atomic E-state index is 0.222. The van der Waals surface area contributed by atoms with Gasteiger partial charge >= 0.3 is 0 Å². The summed E-state index contributed by atoms with van der Waals surface area (Å²) in [7, 11) is 0.553. The summed E-state index contributed by atoms with van der Waals surface area (Å²) < 4.78 is 28.5. The van der Waals surface area contributed by atoms with E-state index in [0.717, 1.165) is 50.8 Å². The monoisotopic (exact) mass is 499 g/mol. The summed E-state index contributed by atoms with van der Waals surface area (Å²) in [6.45, 7) is 12.2. The van der Waals surface area contributed by atoms with Crippen molar-refractivity contribution < 1.29 is 8.42 Å². The average Bonchev–Trinajstić information content (AvgIpc) is 3.25. The standard InChI is InChI=1S/C20H25N5O2S.C5H12N2/c1-4-17-19(28(26,27)16-8-6-5-7-9-16)20-21-15(2)14-18(25(20)22-17)24-12-10-23(3)11-13-24;1-7-4-2-6-3-5-7/h5-9,14H,4,10-13H2,1-3H3;6H,2-5H2,1H3. The van der Waals surface area contributed by atoms with Crippen molar-refractivity contribution in [3.8, 4) is 0 Å². The highest BCUT2D eigenvalue weighted by molar-refractivity contribution is 7.91. The smallest absolute Gasteiger partial charge is 0.212 e. The van der Waals surface area contributed by atoms with Crippen molar-refractivity contribution in [2.24, 2.45) is 0 Å². The van der Waals surface area contributed by atoms with Crippen LogP contribution in [0.3, 0.4) is 0 Å². The van der Waals surface area contributed by atoms with Crippen LogP contribution in [0, 0.1) is 6.92 Å². The van der Waals surface area contributed by atoms with Crippen molar-refractivity contribution in [1.29, 1.82) is 0 Å². The van der Waals surface area contributed by atoms with E-state index in [1.54, 1.807) is 28.8 Å². The third kappa shape index (κ3) is 5.66. The number of sulfone groups is 1. The van der Waals surface area contributed by atoms with Gasteiger partial charge in [-0.15, -0.1) is 0 Å². The molecule has 2 aliphatic rings. The first-order valence-corrected chi connectivity index (χ1v) is 13.8. The van der Waals surface area contributed by atoms with Crippen molar-refractivity contribution in [3.05, 3.63) is 47.8 Å². The molecule has 2 fully saturated rings. The predicted octanol–water partition coefficient (Wildman–Crippen LogP) is 1.71.